The van der Waals surface area contributed by atoms with Crippen LogP contribution >= 0.6 is 11.3 Å². The Kier molecular flexibility index (Phi) is 3.34. The maximum Gasteiger partial charge on any atom is 0.355 e. The first-order valence-corrected chi connectivity index (χ1v) is 7.00. The van der Waals surface area contributed by atoms with Crippen molar-refractivity contribution < 1.29 is 9.90 Å². The fourth-order valence-corrected chi connectivity index (χ4v) is 3.05. The van der Waals surface area contributed by atoms with Gasteiger partial charge in [0.2, 0.25) is 0 Å². The van der Waals surface area contributed by atoms with Crippen LogP contribution in [0.4, 0.5) is 0 Å². The Morgan fingerprint density at radius 1 is 1.26 bits per heavy atom. The van der Waals surface area contributed by atoms with E-state index in [1.165, 1.54) is 11.3 Å². The van der Waals surface area contributed by atoms with Crippen LogP contribution in [0.1, 0.15) is 47.5 Å². The van der Waals surface area contributed by atoms with E-state index in [0.717, 1.165) is 15.3 Å². The molecule has 0 amide bonds. The standard InChI is InChI=1S/C14H18N2O2S/c1-7-8(2)19-12-10(7)11(13(17)18)15-9(16-12)6-14(3,4)5/h6H2,1-5H3,(H,17,18). The quantitative estimate of drug-likeness (QED) is 0.911. The Morgan fingerprint density at radius 2 is 1.89 bits per heavy atom. The molecule has 2 aromatic heterocycles. The van der Waals surface area contributed by atoms with Gasteiger partial charge in [-0.2, -0.15) is 0 Å². The van der Waals surface area contributed by atoms with E-state index in [1.807, 2.05) is 13.8 Å². The number of hydrogen-bond acceptors (Lipinski definition) is 4. The number of nitrogens with zero attached hydrogens (tertiary/aromatic N) is 2. The van der Waals surface area contributed by atoms with Gasteiger partial charge in [-0.05, 0) is 24.8 Å². The first-order chi connectivity index (χ1) is 8.69. The molecule has 0 bridgehead atoms. The zero-order valence-corrected chi connectivity index (χ0v) is 12.7. The molecule has 2 heterocycles. The van der Waals surface area contributed by atoms with Crippen molar-refractivity contribution >= 4 is 27.5 Å². The Balaban J connectivity index is 2.69. The van der Waals surface area contributed by atoms with Gasteiger partial charge in [0, 0.05) is 16.7 Å². The molecule has 4 nitrogen and oxygen atoms in total. The molecule has 0 saturated carbocycles. The van der Waals surface area contributed by atoms with E-state index in [9.17, 15) is 9.90 Å². The molecular weight excluding hydrogens is 260 g/mol. The van der Waals surface area contributed by atoms with Crippen molar-refractivity contribution in [2.45, 2.75) is 41.0 Å². The summed E-state index contributed by atoms with van der Waals surface area (Å²) in [5.74, 6) is -0.373. The summed E-state index contributed by atoms with van der Waals surface area (Å²) in [6.07, 6.45) is 0.666. The van der Waals surface area contributed by atoms with Gasteiger partial charge in [0.05, 0.1) is 0 Å². The van der Waals surface area contributed by atoms with Crippen LogP contribution in [0.25, 0.3) is 10.2 Å². The predicted octanol–water partition coefficient (Wildman–Crippen LogP) is 3.59. The molecule has 0 atom stereocenters. The van der Waals surface area contributed by atoms with Crippen LogP contribution in [0.15, 0.2) is 0 Å². The molecule has 0 aliphatic heterocycles. The van der Waals surface area contributed by atoms with Crippen molar-refractivity contribution in [3.05, 3.63) is 22.0 Å². The molecule has 0 unspecified atom stereocenters. The number of thiophene rings is 1. The number of carboxylic acids is 1. The number of aromatic nitrogens is 2. The summed E-state index contributed by atoms with van der Waals surface area (Å²) in [5, 5.41) is 10.0. The van der Waals surface area contributed by atoms with E-state index in [2.05, 4.69) is 30.7 Å². The molecular formula is C14H18N2O2S. The minimum absolute atomic E-state index is 0.0325. The summed E-state index contributed by atoms with van der Waals surface area (Å²) < 4.78 is 0. The average molecular weight is 278 g/mol. The van der Waals surface area contributed by atoms with Gasteiger partial charge in [0.1, 0.15) is 10.7 Å². The van der Waals surface area contributed by atoms with Gasteiger partial charge in [-0.1, -0.05) is 20.8 Å². The molecule has 0 fully saturated rings. The number of carbonyl (C=O) groups is 1. The van der Waals surface area contributed by atoms with Gasteiger partial charge in [-0.3, -0.25) is 0 Å². The molecule has 0 saturated heterocycles. The van der Waals surface area contributed by atoms with Crippen molar-refractivity contribution in [3.8, 4) is 0 Å². The molecule has 0 aromatic carbocycles. The third-order valence-corrected chi connectivity index (χ3v) is 4.07. The van der Waals surface area contributed by atoms with Crippen LogP contribution in [0.2, 0.25) is 0 Å². The molecule has 0 aliphatic rings. The second-order valence-electron chi connectivity index (χ2n) is 5.99. The summed E-state index contributed by atoms with van der Waals surface area (Å²) in [7, 11) is 0. The van der Waals surface area contributed by atoms with E-state index in [-0.39, 0.29) is 11.1 Å². The largest absolute Gasteiger partial charge is 0.476 e. The van der Waals surface area contributed by atoms with Gasteiger partial charge in [0.15, 0.2) is 5.69 Å². The number of carboxylic acid groups (broad SMARTS) is 1. The number of rotatable bonds is 2. The van der Waals surface area contributed by atoms with E-state index in [4.69, 9.17) is 0 Å². The molecule has 19 heavy (non-hydrogen) atoms. The van der Waals surface area contributed by atoms with Gasteiger partial charge in [-0.15, -0.1) is 11.3 Å². The third kappa shape index (κ3) is 2.76. The summed E-state index contributed by atoms with van der Waals surface area (Å²) in [5.41, 5.74) is 1.14. The minimum Gasteiger partial charge on any atom is -0.476 e. The summed E-state index contributed by atoms with van der Waals surface area (Å²) in [6.45, 7) is 10.2. The van der Waals surface area contributed by atoms with Crippen molar-refractivity contribution in [3.63, 3.8) is 0 Å². The van der Waals surface area contributed by atoms with Crippen molar-refractivity contribution in [2.75, 3.05) is 0 Å². The average Bonchev–Trinajstić information content (AvgIpc) is 2.51. The lowest BCUT2D eigenvalue weighted by Crippen LogP contribution is -2.14. The summed E-state index contributed by atoms with van der Waals surface area (Å²) in [6, 6.07) is 0. The van der Waals surface area contributed by atoms with Crippen LogP contribution in [0.5, 0.6) is 0 Å². The van der Waals surface area contributed by atoms with Crippen LogP contribution in [-0.2, 0) is 6.42 Å². The monoisotopic (exact) mass is 278 g/mol. The molecule has 1 N–H and O–H groups in total. The first-order valence-electron chi connectivity index (χ1n) is 6.19. The molecule has 2 rings (SSSR count). The first kappa shape index (κ1) is 13.9. The number of hydrogen-bond donors (Lipinski definition) is 1. The van der Waals surface area contributed by atoms with Gasteiger partial charge < -0.3 is 5.11 Å². The van der Waals surface area contributed by atoms with E-state index in [0.29, 0.717) is 17.6 Å². The Labute approximate surface area is 116 Å². The fraction of sp³-hybridized carbons (Fsp3) is 0.500. The topological polar surface area (TPSA) is 63.1 Å². The smallest absolute Gasteiger partial charge is 0.355 e. The summed E-state index contributed by atoms with van der Waals surface area (Å²) >= 11 is 1.54. The number of aryl methyl sites for hydroxylation is 2. The fourth-order valence-electron chi connectivity index (χ4n) is 2.00. The van der Waals surface area contributed by atoms with E-state index in [1.54, 1.807) is 0 Å². The van der Waals surface area contributed by atoms with Crippen molar-refractivity contribution in [2.24, 2.45) is 5.41 Å². The zero-order valence-electron chi connectivity index (χ0n) is 11.9. The molecule has 0 spiro atoms. The maximum atomic E-state index is 11.4. The lowest BCUT2D eigenvalue weighted by Gasteiger charge is -2.16. The molecule has 5 heteroatoms. The second kappa shape index (κ2) is 4.56. The van der Waals surface area contributed by atoms with Crippen LogP contribution in [0.3, 0.4) is 0 Å². The molecule has 2 aromatic rings. The summed E-state index contributed by atoms with van der Waals surface area (Å²) in [4.78, 5) is 22.1. The second-order valence-corrected chi connectivity index (χ2v) is 7.20. The highest BCUT2D eigenvalue weighted by atomic mass is 32.1. The van der Waals surface area contributed by atoms with Crippen LogP contribution in [0, 0.1) is 19.3 Å². The highest BCUT2D eigenvalue weighted by Crippen LogP contribution is 2.31. The maximum absolute atomic E-state index is 11.4. The van der Waals surface area contributed by atoms with Crippen LogP contribution in [-0.4, -0.2) is 21.0 Å². The molecule has 102 valence electrons. The van der Waals surface area contributed by atoms with Gasteiger partial charge >= 0.3 is 5.97 Å². The molecule has 0 aliphatic carbocycles. The number of fused-ring (bicyclic) bond motifs is 1. The molecule has 0 radical (unpaired) electrons. The highest BCUT2D eigenvalue weighted by Gasteiger charge is 2.21. The predicted molar refractivity (Wildman–Crippen MR) is 77.0 cm³/mol. The normalized spacial score (nSPS) is 12.1. The SMILES string of the molecule is Cc1sc2nc(CC(C)(C)C)nc(C(=O)O)c2c1C. The van der Waals surface area contributed by atoms with E-state index < -0.39 is 5.97 Å². The van der Waals surface area contributed by atoms with Gasteiger partial charge in [-0.25, -0.2) is 14.8 Å². The Hall–Kier alpha value is -1.49. The van der Waals surface area contributed by atoms with Crippen molar-refractivity contribution in [1.82, 2.24) is 9.97 Å². The zero-order chi connectivity index (χ0) is 14.4. The van der Waals surface area contributed by atoms with Crippen LogP contribution < -0.4 is 0 Å². The van der Waals surface area contributed by atoms with E-state index >= 15 is 0 Å². The lowest BCUT2D eigenvalue weighted by molar-refractivity contribution is 0.0692. The highest BCUT2D eigenvalue weighted by molar-refractivity contribution is 7.18. The van der Waals surface area contributed by atoms with Crippen molar-refractivity contribution in [1.29, 1.82) is 0 Å². The van der Waals surface area contributed by atoms with Gasteiger partial charge in [0.25, 0.3) is 0 Å². The minimum atomic E-state index is -0.983. The lowest BCUT2D eigenvalue weighted by atomic mass is 9.92. The Morgan fingerprint density at radius 3 is 2.42 bits per heavy atom. The Bertz CT molecular complexity index is 653. The third-order valence-electron chi connectivity index (χ3n) is 2.97. The number of aromatic carboxylic acids is 1.